The summed E-state index contributed by atoms with van der Waals surface area (Å²) >= 11 is 0. The number of nitrogens with one attached hydrogen (secondary N) is 1. The number of aryl methyl sites for hydroxylation is 1. The van der Waals surface area contributed by atoms with E-state index in [1.54, 1.807) is 0 Å². The van der Waals surface area contributed by atoms with E-state index in [1.165, 1.54) is 22.9 Å². The van der Waals surface area contributed by atoms with Crippen LogP contribution in [0.2, 0.25) is 0 Å². The summed E-state index contributed by atoms with van der Waals surface area (Å²) in [6, 6.07) is 6.42. The maximum absolute atomic E-state index is 13.1. The van der Waals surface area contributed by atoms with E-state index in [0.29, 0.717) is 12.1 Å². The van der Waals surface area contributed by atoms with Crippen LogP contribution in [0.4, 0.5) is 17.6 Å². The fourth-order valence-corrected chi connectivity index (χ4v) is 2.62. The predicted octanol–water partition coefficient (Wildman–Crippen LogP) is 3.74. The van der Waals surface area contributed by atoms with Gasteiger partial charge in [0, 0.05) is 30.3 Å². The van der Waals surface area contributed by atoms with Crippen molar-refractivity contribution in [3.63, 3.8) is 0 Å². The van der Waals surface area contributed by atoms with E-state index in [1.807, 2.05) is 0 Å². The van der Waals surface area contributed by atoms with Crippen LogP contribution in [0.15, 0.2) is 30.3 Å². The van der Waals surface area contributed by atoms with Crippen LogP contribution >= 0.6 is 0 Å². The molecule has 1 saturated carbocycles. The normalized spacial score (nSPS) is 14.6. The first-order valence-electron chi connectivity index (χ1n) is 8.03. The molecule has 1 aromatic carbocycles. The Balaban J connectivity index is 1.55. The van der Waals surface area contributed by atoms with Crippen LogP contribution in [-0.4, -0.2) is 22.2 Å². The molecular formula is C17H17F4N3O. The summed E-state index contributed by atoms with van der Waals surface area (Å²) in [6.45, 7) is 0.548. The molecule has 0 aliphatic heterocycles. The van der Waals surface area contributed by atoms with Gasteiger partial charge in [-0.25, -0.2) is 4.39 Å². The molecule has 1 aliphatic rings. The molecule has 1 N–H and O–H groups in total. The maximum Gasteiger partial charge on any atom is 0.435 e. The number of rotatable bonds is 6. The SMILES string of the molecule is O=C(NCCCn1nc(C(F)(F)F)cc1C1CC1)c1cccc(F)c1. The van der Waals surface area contributed by atoms with Crippen molar-refractivity contribution in [2.24, 2.45) is 0 Å². The molecular weight excluding hydrogens is 338 g/mol. The van der Waals surface area contributed by atoms with Crippen molar-refractivity contribution in [2.75, 3.05) is 6.54 Å². The van der Waals surface area contributed by atoms with E-state index < -0.39 is 23.6 Å². The molecule has 2 aromatic rings. The van der Waals surface area contributed by atoms with Crippen molar-refractivity contribution in [1.29, 1.82) is 0 Å². The van der Waals surface area contributed by atoms with Crippen LogP contribution in [0.25, 0.3) is 0 Å². The van der Waals surface area contributed by atoms with E-state index in [-0.39, 0.29) is 24.6 Å². The number of hydrogen-bond donors (Lipinski definition) is 1. The van der Waals surface area contributed by atoms with Gasteiger partial charge in [0.25, 0.3) is 5.91 Å². The molecule has 0 atom stereocenters. The van der Waals surface area contributed by atoms with Gasteiger partial charge in [-0.2, -0.15) is 18.3 Å². The molecule has 0 saturated heterocycles. The first-order valence-corrected chi connectivity index (χ1v) is 8.03. The molecule has 134 valence electrons. The molecule has 1 fully saturated rings. The van der Waals surface area contributed by atoms with E-state index in [9.17, 15) is 22.4 Å². The van der Waals surface area contributed by atoms with Gasteiger partial charge in [0.2, 0.25) is 0 Å². The summed E-state index contributed by atoms with van der Waals surface area (Å²) in [5, 5.41) is 6.29. The Labute approximate surface area is 141 Å². The quantitative estimate of drug-likeness (QED) is 0.634. The Bertz CT molecular complexity index is 765. The zero-order valence-corrected chi connectivity index (χ0v) is 13.3. The topological polar surface area (TPSA) is 46.9 Å². The van der Waals surface area contributed by atoms with Gasteiger partial charge in [-0.15, -0.1) is 0 Å². The Hall–Kier alpha value is -2.38. The Morgan fingerprint density at radius 2 is 2.04 bits per heavy atom. The number of amides is 1. The van der Waals surface area contributed by atoms with Crippen molar-refractivity contribution in [1.82, 2.24) is 15.1 Å². The average molecular weight is 355 g/mol. The van der Waals surface area contributed by atoms with Crippen molar-refractivity contribution in [3.05, 3.63) is 53.1 Å². The zero-order chi connectivity index (χ0) is 18.0. The molecule has 1 heterocycles. The number of aromatic nitrogens is 2. The van der Waals surface area contributed by atoms with Gasteiger partial charge in [-0.1, -0.05) is 6.07 Å². The first kappa shape index (κ1) is 17.4. The molecule has 8 heteroatoms. The van der Waals surface area contributed by atoms with E-state index >= 15 is 0 Å². The fraction of sp³-hybridized carbons (Fsp3) is 0.412. The largest absolute Gasteiger partial charge is 0.435 e. The third-order valence-corrected chi connectivity index (χ3v) is 4.02. The van der Waals surface area contributed by atoms with Crippen LogP contribution in [-0.2, 0) is 12.7 Å². The van der Waals surface area contributed by atoms with Gasteiger partial charge >= 0.3 is 6.18 Å². The molecule has 0 bridgehead atoms. The van der Waals surface area contributed by atoms with Gasteiger partial charge in [0.1, 0.15) is 5.82 Å². The highest BCUT2D eigenvalue weighted by Crippen LogP contribution is 2.42. The minimum atomic E-state index is -4.46. The van der Waals surface area contributed by atoms with Crippen molar-refractivity contribution >= 4 is 5.91 Å². The van der Waals surface area contributed by atoms with Crippen LogP contribution in [0.1, 0.15) is 46.9 Å². The average Bonchev–Trinajstić information content (AvgIpc) is 3.30. The van der Waals surface area contributed by atoms with Gasteiger partial charge in [0.15, 0.2) is 5.69 Å². The van der Waals surface area contributed by atoms with Crippen molar-refractivity contribution < 1.29 is 22.4 Å². The third-order valence-electron chi connectivity index (χ3n) is 4.02. The third kappa shape index (κ3) is 4.37. The summed E-state index contributed by atoms with van der Waals surface area (Å²) in [6.07, 6.45) is -2.28. The summed E-state index contributed by atoms with van der Waals surface area (Å²) in [5.74, 6) is -0.776. The van der Waals surface area contributed by atoms with Crippen LogP contribution in [0.5, 0.6) is 0 Å². The second kappa shape index (κ2) is 6.85. The predicted molar refractivity (Wildman–Crippen MR) is 82.6 cm³/mol. The van der Waals surface area contributed by atoms with E-state index in [2.05, 4.69) is 10.4 Å². The lowest BCUT2D eigenvalue weighted by Crippen LogP contribution is -2.25. The monoisotopic (exact) mass is 355 g/mol. The van der Waals surface area contributed by atoms with Gasteiger partial charge in [-0.05, 0) is 43.5 Å². The van der Waals surface area contributed by atoms with Crippen LogP contribution in [0, 0.1) is 5.82 Å². The van der Waals surface area contributed by atoms with Crippen LogP contribution < -0.4 is 5.32 Å². The minimum absolute atomic E-state index is 0.144. The number of carbonyl (C=O) groups excluding carboxylic acids is 1. The fourth-order valence-electron chi connectivity index (χ4n) is 2.62. The lowest BCUT2D eigenvalue weighted by Gasteiger charge is -2.08. The van der Waals surface area contributed by atoms with Gasteiger partial charge in [-0.3, -0.25) is 9.48 Å². The Morgan fingerprint density at radius 3 is 2.68 bits per heavy atom. The molecule has 1 aromatic heterocycles. The Morgan fingerprint density at radius 1 is 1.28 bits per heavy atom. The number of nitrogens with zero attached hydrogens (tertiary/aromatic N) is 2. The Kier molecular flexibility index (Phi) is 4.78. The molecule has 0 unspecified atom stereocenters. The lowest BCUT2D eigenvalue weighted by atomic mass is 10.2. The molecule has 0 radical (unpaired) electrons. The number of carbonyl (C=O) groups is 1. The molecule has 3 rings (SSSR count). The van der Waals surface area contributed by atoms with Crippen molar-refractivity contribution in [3.8, 4) is 0 Å². The number of benzene rings is 1. The van der Waals surface area contributed by atoms with E-state index in [0.717, 1.165) is 25.0 Å². The van der Waals surface area contributed by atoms with E-state index in [4.69, 9.17) is 0 Å². The maximum atomic E-state index is 13.1. The minimum Gasteiger partial charge on any atom is -0.352 e. The van der Waals surface area contributed by atoms with Gasteiger partial charge in [0.05, 0.1) is 0 Å². The highest BCUT2D eigenvalue weighted by Gasteiger charge is 2.37. The summed E-state index contributed by atoms with van der Waals surface area (Å²) in [4.78, 5) is 11.9. The van der Waals surface area contributed by atoms with Gasteiger partial charge < -0.3 is 5.32 Å². The number of alkyl halides is 3. The summed E-state index contributed by atoms with van der Waals surface area (Å²) in [7, 11) is 0. The lowest BCUT2D eigenvalue weighted by molar-refractivity contribution is -0.141. The number of hydrogen-bond acceptors (Lipinski definition) is 2. The standard InChI is InChI=1S/C17H17F4N3O/c18-13-4-1-3-12(9-13)16(25)22-7-2-8-24-14(11-5-6-11)10-15(23-24)17(19,20)21/h1,3-4,9-11H,2,5-8H2,(H,22,25). The second-order valence-electron chi connectivity index (χ2n) is 6.07. The van der Waals surface area contributed by atoms with Crippen LogP contribution in [0.3, 0.4) is 0 Å². The molecule has 4 nitrogen and oxygen atoms in total. The molecule has 0 spiro atoms. The number of halogens is 4. The summed E-state index contributed by atoms with van der Waals surface area (Å²) < 4.78 is 52.9. The van der Waals surface area contributed by atoms with Crippen molar-refractivity contribution in [2.45, 2.75) is 37.9 Å². The zero-order valence-electron chi connectivity index (χ0n) is 13.3. The second-order valence-corrected chi connectivity index (χ2v) is 6.07. The summed E-state index contributed by atoms with van der Waals surface area (Å²) in [5.41, 5.74) is -0.0703. The molecule has 25 heavy (non-hydrogen) atoms. The molecule has 1 aliphatic carbocycles. The molecule has 1 amide bonds. The smallest absolute Gasteiger partial charge is 0.352 e. The first-order chi connectivity index (χ1) is 11.8. The highest BCUT2D eigenvalue weighted by molar-refractivity contribution is 5.94. The highest BCUT2D eigenvalue weighted by atomic mass is 19.4.